The predicted octanol–water partition coefficient (Wildman–Crippen LogP) is 1.13. The number of hydrogen-bond donors (Lipinski definition) is 2. The van der Waals surface area contributed by atoms with Gasteiger partial charge in [0, 0.05) is 19.1 Å². The Labute approximate surface area is 149 Å². The number of aromatic nitrogens is 3. The fourth-order valence-electron chi connectivity index (χ4n) is 3.93. The molecule has 2 atom stereocenters. The van der Waals surface area contributed by atoms with E-state index in [2.05, 4.69) is 22.6 Å². The molecule has 0 saturated carbocycles. The quantitative estimate of drug-likeness (QED) is 0.847. The van der Waals surface area contributed by atoms with E-state index in [1.165, 1.54) is 0 Å². The van der Waals surface area contributed by atoms with Crippen LogP contribution in [0.1, 0.15) is 54.8 Å². The normalized spacial score (nSPS) is 25.4. The first-order valence-corrected chi connectivity index (χ1v) is 8.77. The lowest BCUT2D eigenvalue weighted by atomic mass is 9.90. The smallest absolute Gasteiger partial charge is 0.276 e. The third kappa shape index (κ3) is 3.58. The first-order valence-electron chi connectivity index (χ1n) is 8.77. The molecular weight excluding hydrogens is 328 g/mol. The summed E-state index contributed by atoms with van der Waals surface area (Å²) >= 11 is 0. The van der Waals surface area contributed by atoms with Crippen molar-refractivity contribution >= 4 is 18.3 Å². The molecule has 1 aromatic rings. The topological polar surface area (TPSA) is 89.1 Å². The highest BCUT2D eigenvalue weighted by atomic mass is 35.5. The Morgan fingerprint density at radius 2 is 2.04 bits per heavy atom. The zero-order valence-electron chi connectivity index (χ0n) is 14.6. The third-order valence-corrected chi connectivity index (χ3v) is 5.40. The van der Waals surface area contributed by atoms with Crippen molar-refractivity contribution in [1.82, 2.24) is 25.2 Å². The standard InChI is InChI=1S/C16H28N6O.ClH/c1-11-4-3-9-21(14(11)10-17)16(23)15-12(2)22(20-19-15)13-5-7-18-8-6-13;/h11,13-14,18H,3-10,17H2,1-2H3;1H. The maximum Gasteiger partial charge on any atom is 0.276 e. The summed E-state index contributed by atoms with van der Waals surface area (Å²) < 4.78 is 1.94. The van der Waals surface area contributed by atoms with Crippen molar-refractivity contribution in [1.29, 1.82) is 0 Å². The molecule has 0 spiro atoms. The van der Waals surface area contributed by atoms with Gasteiger partial charge in [-0.1, -0.05) is 12.1 Å². The molecule has 0 radical (unpaired) electrons. The molecule has 1 amide bonds. The molecule has 0 aromatic carbocycles. The van der Waals surface area contributed by atoms with Crippen molar-refractivity contribution in [3.05, 3.63) is 11.4 Å². The van der Waals surface area contributed by atoms with Crippen LogP contribution in [0.5, 0.6) is 0 Å². The maximum absolute atomic E-state index is 13.0. The number of carbonyl (C=O) groups excluding carboxylic acids is 1. The molecule has 8 heteroatoms. The zero-order chi connectivity index (χ0) is 16.4. The molecule has 24 heavy (non-hydrogen) atoms. The number of piperidine rings is 2. The van der Waals surface area contributed by atoms with Crippen molar-refractivity contribution in [3.63, 3.8) is 0 Å². The van der Waals surface area contributed by atoms with Crippen LogP contribution in [0, 0.1) is 12.8 Å². The number of hydrogen-bond acceptors (Lipinski definition) is 5. The first-order chi connectivity index (χ1) is 11.1. The molecule has 2 unspecified atom stereocenters. The van der Waals surface area contributed by atoms with E-state index in [4.69, 9.17) is 5.73 Å². The molecule has 1 aromatic heterocycles. The molecule has 0 aliphatic carbocycles. The van der Waals surface area contributed by atoms with Gasteiger partial charge in [0.15, 0.2) is 5.69 Å². The van der Waals surface area contributed by atoms with E-state index in [-0.39, 0.29) is 24.4 Å². The van der Waals surface area contributed by atoms with E-state index >= 15 is 0 Å². The van der Waals surface area contributed by atoms with Crippen LogP contribution in [0.4, 0.5) is 0 Å². The largest absolute Gasteiger partial charge is 0.333 e. The van der Waals surface area contributed by atoms with Crippen LogP contribution in [0.15, 0.2) is 0 Å². The number of rotatable bonds is 3. The summed E-state index contributed by atoms with van der Waals surface area (Å²) in [4.78, 5) is 14.9. The second-order valence-electron chi connectivity index (χ2n) is 6.87. The maximum atomic E-state index is 13.0. The van der Waals surface area contributed by atoms with Gasteiger partial charge in [-0.25, -0.2) is 4.68 Å². The summed E-state index contributed by atoms with van der Waals surface area (Å²) in [6.45, 7) is 7.40. The zero-order valence-corrected chi connectivity index (χ0v) is 15.4. The number of likely N-dealkylation sites (tertiary alicyclic amines) is 1. The summed E-state index contributed by atoms with van der Waals surface area (Å²) in [6, 6.07) is 0.454. The van der Waals surface area contributed by atoms with Crippen LogP contribution in [0.3, 0.4) is 0 Å². The van der Waals surface area contributed by atoms with Crippen molar-refractivity contribution in [2.24, 2.45) is 11.7 Å². The van der Waals surface area contributed by atoms with Crippen LogP contribution >= 0.6 is 12.4 Å². The molecule has 0 bridgehead atoms. The Bertz CT molecular complexity index is 557. The molecule has 2 aliphatic rings. The van der Waals surface area contributed by atoms with E-state index in [0.717, 1.165) is 51.0 Å². The summed E-state index contributed by atoms with van der Waals surface area (Å²) in [6.07, 6.45) is 4.23. The highest BCUT2D eigenvalue weighted by Gasteiger charge is 2.34. The van der Waals surface area contributed by atoms with Crippen LogP contribution in [0.2, 0.25) is 0 Å². The number of nitrogens with two attached hydrogens (primary N) is 1. The Morgan fingerprint density at radius 3 is 2.71 bits per heavy atom. The van der Waals surface area contributed by atoms with Gasteiger partial charge in [-0.3, -0.25) is 4.79 Å². The lowest BCUT2D eigenvalue weighted by Crippen LogP contribution is -2.51. The lowest BCUT2D eigenvalue weighted by Gasteiger charge is -2.39. The van der Waals surface area contributed by atoms with E-state index in [1.807, 2.05) is 16.5 Å². The van der Waals surface area contributed by atoms with E-state index in [9.17, 15) is 4.79 Å². The van der Waals surface area contributed by atoms with Gasteiger partial charge < -0.3 is 16.0 Å². The highest BCUT2D eigenvalue weighted by molar-refractivity contribution is 5.93. The van der Waals surface area contributed by atoms with E-state index in [1.54, 1.807) is 0 Å². The average Bonchev–Trinajstić information content (AvgIpc) is 2.96. The minimum Gasteiger partial charge on any atom is -0.333 e. The van der Waals surface area contributed by atoms with E-state index in [0.29, 0.717) is 24.2 Å². The Hall–Kier alpha value is -1.18. The van der Waals surface area contributed by atoms with Crippen LogP contribution in [-0.2, 0) is 0 Å². The molecule has 136 valence electrons. The Kier molecular flexibility index (Phi) is 6.60. The number of halogens is 1. The van der Waals surface area contributed by atoms with Gasteiger partial charge in [-0.2, -0.15) is 0 Å². The second kappa shape index (κ2) is 8.27. The molecule has 2 aliphatic heterocycles. The van der Waals surface area contributed by atoms with Crippen molar-refractivity contribution in [3.8, 4) is 0 Å². The van der Waals surface area contributed by atoms with Crippen LogP contribution < -0.4 is 11.1 Å². The number of nitrogens with one attached hydrogen (secondary N) is 1. The fourth-order valence-corrected chi connectivity index (χ4v) is 3.93. The molecule has 2 fully saturated rings. The van der Waals surface area contributed by atoms with E-state index < -0.39 is 0 Å². The lowest BCUT2D eigenvalue weighted by molar-refractivity contribution is 0.0525. The molecule has 3 heterocycles. The summed E-state index contributed by atoms with van der Waals surface area (Å²) in [7, 11) is 0. The van der Waals surface area contributed by atoms with Crippen molar-refractivity contribution in [2.75, 3.05) is 26.2 Å². The van der Waals surface area contributed by atoms with Gasteiger partial charge in [0.2, 0.25) is 0 Å². The van der Waals surface area contributed by atoms with Gasteiger partial charge in [0.25, 0.3) is 5.91 Å². The van der Waals surface area contributed by atoms with Gasteiger partial charge in [-0.15, -0.1) is 17.5 Å². The van der Waals surface area contributed by atoms with Crippen LogP contribution in [0.25, 0.3) is 0 Å². The number of carbonyl (C=O) groups is 1. The van der Waals surface area contributed by atoms with Crippen LogP contribution in [-0.4, -0.2) is 58.0 Å². The third-order valence-electron chi connectivity index (χ3n) is 5.40. The molecule has 3 N–H and O–H groups in total. The minimum atomic E-state index is -0.00955. The minimum absolute atomic E-state index is 0. The van der Waals surface area contributed by atoms with Gasteiger partial charge in [0.05, 0.1) is 11.7 Å². The second-order valence-corrected chi connectivity index (χ2v) is 6.87. The fraction of sp³-hybridized carbons (Fsp3) is 0.812. The molecule has 7 nitrogen and oxygen atoms in total. The molecular formula is C16H29ClN6O. The monoisotopic (exact) mass is 356 g/mol. The summed E-state index contributed by atoms with van der Waals surface area (Å²) in [5.74, 6) is 0.433. The molecule has 2 saturated heterocycles. The van der Waals surface area contributed by atoms with Gasteiger partial charge in [0.1, 0.15) is 0 Å². The summed E-state index contributed by atoms with van der Waals surface area (Å²) in [5, 5.41) is 11.9. The van der Waals surface area contributed by atoms with Crippen molar-refractivity contribution in [2.45, 2.75) is 51.6 Å². The molecule has 3 rings (SSSR count). The Morgan fingerprint density at radius 1 is 1.33 bits per heavy atom. The van der Waals surface area contributed by atoms with Crippen molar-refractivity contribution < 1.29 is 4.79 Å². The highest BCUT2D eigenvalue weighted by Crippen LogP contribution is 2.26. The Balaban J connectivity index is 0.00000208. The predicted molar refractivity (Wildman–Crippen MR) is 95.4 cm³/mol. The average molecular weight is 357 g/mol. The first kappa shape index (κ1) is 19.1. The van der Waals surface area contributed by atoms with Gasteiger partial charge >= 0.3 is 0 Å². The van der Waals surface area contributed by atoms with Gasteiger partial charge in [-0.05, 0) is 51.6 Å². The SMILES string of the molecule is Cc1c(C(=O)N2CCCC(C)C2CN)nnn1C1CCNCC1.Cl. The number of amides is 1. The number of nitrogens with zero attached hydrogens (tertiary/aromatic N) is 4. The summed E-state index contributed by atoms with van der Waals surface area (Å²) in [5.41, 5.74) is 7.30.